The van der Waals surface area contributed by atoms with Crippen LogP contribution in [-0.2, 0) is 16.1 Å². The van der Waals surface area contributed by atoms with Crippen LogP contribution in [0.15, 0.2) is 16.5 Å². The van der Waals surface area contributed by atoms with Gasteiger partial charge in [-0.2, -0.15) is 0 Å². The van der Waals surface area contributed by atoms with E-state index in [4.69, 9.17) is 14.3 Å². The molecular formula is C11H14N2O6. The average Bonchev–Trinajstić information content (AvgIpc) is 2.77. The molecule has 2 rings (SSSR count). The van der Waals surface area contributed by atoms with Crippen LogP contribution < -0.4 is 0 Å². The molecule has 1 fully saturated rings. The van der Waals surface area contributed by atoms with Crippen molar-refractivity contribution in [2.45, 2.75) is 19.1 Å². The summed E-state index contributed by atoms with van der Waals surface area (Å²) in [4.78, 5) is 22.5. The minimum atomic E-state index is -0.902. The fourth-order valence-corrected chi connectivity index (χ4v) is 2.01. The lowest BCUT2D eigenvalue weighted by atomic mass is 10.2. The number of aliphatic carboxylic acids is 1. The third-order valence-electron chi connectivity index (χ3n) is 2.83. The van der Waals surface area contributed by atoms with Crippen LogP contribution in [0.2, 0.25) is 0 Å². The van der Waals surface area contributed by atoms with Crippen molar-refractivity contribution < 1.29 is 24.0 Å². The summed E-state index contributed by atoms with van der Waals surface area (Å²) in [6.07, 6.45) is -0.398. The monoisotopic (exact) mass is 270 g/mol. The highest BCUT2D eigenvalue weighted by Gasteiger charge is 2.24. The largest absolute Gasteiger partial charge is 0.481 e. The molecule has 0 spiro atoms. The molecule has 1 aliphatic heterocycles. The Balaban J connectivity index is 1.90. The molecule has 1 aromatic rings. The van der Waals surface area contributed by atoms with Gasteiger partial charge in [-0.1, -0.05) is 0 Å². The number of carboxylic acid groups (broad SMARTS) is 1. The third kappa shape index (κ3) is 3.76. The average molecular weight is 270 g/mol. The van der Waals surface area contributed by atoms with E-state index in [0.29, 0.717) is 32.0 Å². The summed E-state index contributed by atoms with van der Waals surface area (Å²) in [5, 5.41) is 19.2. The highest BCUT2D eigenvalue weighted by atomic mass is 16.6. The van der Waals surface area contributed by atoms with E-state index < -0.39 is 10.9 Å². The Bertz CT molecular complexity index is 472. The third-order valence-corrected chi connectivity index (χ3v) is 2.83. The van der Waals surface area contributed by atoms with Gasteiger partial charge in [0.1, 0.15) is 10.7 Å². The van der Waals surface area contributed by atoms with E-state index in [-0.39, 0.29) is 18.4 Å². The van der Waals surface area contributed by atoms with Gasteiger partial charge >= 0.3 is 11.9 Å². The van der Waals surface area contributed by atoms with Crippen LogP contribution in [0.1, 0.15) is 12.2 Å². The summed E-state index contributed by atoms with van der Waals surface area (Å²) in [7, 11) is 0. The molecule has 1 N–H and O–H groups in total. The van der Waals surface area contributed by atoms with E-state index in [1.165, 1.54) is 6.07 Å². The zero-order valence-corrected chi connectivity index (χ0v) is 10.2. The zero-order chi connectivity index (χ0) is 13.8. The van der Waals surface area contributed by atoms with Crippen molar-refractivity contribution in [2.24, 2.45) is 0 Å². The molecule has 0 bridgehead atoms. The number of morpholine rings is 1. The topological polar surface area (TPSA) is 106 Å². The molecule has 8 heteroatoms. The number of rotatable bonds is 5. The Morgan fingerprint density at radius 3 is 3.00 bits per heavy atom. The second-order valence-electron chi connectivity index (χ2n) is 4.32. The maximum atomic E-state index is 10.6. The Kier molecular flexibility index (Phi) is 4.13. The van der Waals surface area contributed by atoms with Gasteiger partial charge in [-0.15, -0.1) is 0 Å². The molecule has 1 aliphatic rings. The number of nitrogens with zero attached hydrogens (tertiary/aromatic N) is 2. The lowest BCUT2D eigenvalue weighted by Gasteiger charge is -2.31. The van der Waals surface area contributed by atoms with E-state index in [9.17, 15) is 14.9 Å². The summed E-state index contributed by atoms with van der Waals surface area (Å²) in [6.45, 7) is 1.97. The van der Waals surface area contributed by atoms with Crippen molar-refractivity contribution in [3.05, 3.63) is 28.0 Å². The molecule has 1 aromatic heterocycles. The Morgan fingerprint density at radius 1 is 1.58 bits per heavy atom. The summed E-state index contributed by atoms with van der Waals surface area (Å²) >= 11 is 0. The van der Waals surface area contributed by atoms with E-state index in [2.05, 4.69) is 0 Å². The first-order chi connectivity index (χ1) is 9.04. The molecule has 8 nitrogen and oxygen atoms in total. The van der Waals surface area contributed by atoms with E-state index in [1.54, 1.807) is 6.07 Å². The molecule has 0 saturated carbocycles. The molecule has 1 unspecified atom stereocenters. The normalized spacial score (nSPS) is 20.3. The number of furan rings is 1. The van der Waals surface area contributed by atoms with Crippen LogP contribution in [0.25, 0.3) is 0 Å². The van der Waals surface area contributed by atoms with E-state index in [1.807, 2.05) is 4.90 Å². The number of hydrogen-bond donors (Lipinski definition) is 1. The SMILES string of the molecule is O=C(O)CC1CN(Cc2ccc([N+](=O)[O-])o2)CCO1. The molecule has 2 heterocycles. The summed E-state index contributed by atoms with van der Waals surface area (Å²) in [6, 6.07) is 2.87. The Hall–Kier alpha value is -1.93. The summed E-state index contributed by atoms with van der Waals surface area (Å²) < 4.78 is 10.4. The van der Waals surface area contributed by atoms with E-state index >= 15 is 0 Å². The predicted molar refractivity (Wildman–Crippen MR) is 62.6 cm³/mol. The maximum Gasteiger partial charge on any atom is 0.433 e. The molecule has 1 atom stereocenters. The van der Waals surface area contributed by atoms with Crippen LogP contribution >= 0.6 is 0 Å². The van der Waals surface area contributed by atoms with Gasteiger partial charge in [-0.05, 0) is 6.07 Å². The van der Waals surface area contributed by atoms with Crippen molar-refractivity contribution in [1.29, 1.82) is 0 Å². The minimum absolute atomic E-state index is 0.0468. The number of nitro groups is 1. The van der Waals surface area contributed by atoms with Crippen molar-refractivity contribution in [3.63, 3.8) is 0 Å². The molecule has 19 heavy (non-hydrogen) atoms. The van der Waals surface area contributed by atoms with Crippen molar-refractivity contribution >= 4 is 11.9 Å². The van der Waals surface area contributed by atoms with Crippen LogP contribution in [0.4, 0.5) is 5.88 Å². The lowest BCUT2D eigenvalue weighted by molar-refractivity contribution is -0.402. The molecular weight excluding hydrogens is 256 g/mol. The quantitative estimate of drug-likeness (QED) is 0.624. The molecule has 0 amide bonds. The first-order valence-corrected chi connectivity index (χ1v) is 5.83. The smallest absolute Gasteiger partial charge is 0.433 e. The number of hydrogen-bond acceptors (Lipinski definition) is 6. The Labute approximate surface area is 108 Å². The highest BCUT2D eigenvalue weighted by molar-refractivity contribution is 5.67. The number of ether oxygens (including phenoxy) is 1. The first-order valence-electron chi connectivity index (χ1n) is 5.83. The van der Waals surface area contributed by atoms with Gasteiger partial charge in [0.2, 0.25) is 0 Å². The lowest BCUT2D eigenvalue weighted by Crippen LogP contribution is -2.42. The van der Waals surface area contributed by atoms with Crippen LogP contribution in [0.5, 0.6) is 0 Å². The Morgan fingerprint density at radius 2 is 2.37 bits per heavy atom. The second kappa shape index (κ2) is 5.81. The second-order valence-corrected chi connectivity index (χ2v) is 4.32. The van der Waals surface area contributed by atoms with Crippen molar-refractivity contribution in [1.82, 2.24) is 4.90 Å². The van der Waals surface area contributed by atoms with Gasteiger partial charge in [-0.25, -0.2) is 0 Å². The summed E-state index contributed by atoms with van der Waals surface area (Å²) in [5.41, 5.74) is 0. The van der Waals surface area contributed by atoms with E-state index in [0.717, 1.165) is 0 Å². The molecule has 0 aliphatic carbocycles. The highest BCUT2D eigenvalue weighted by Crippen LogP contribution is 2.18. The molecule has 0 aromatic carbocycles. The zero-order valence-electron chi connectivity index (χ0n) is 10.2. The van der Waals surface area contributed by atoms with Crippen molar-refractivity contribution in [2.75, 3.05) is 19.7 Å². The van der Waals surface area contributed by atoms with Crippen LogP contribution in [0, 0.1) is 10.1 Å². The first kappa shape index (κ1) is 13.5. The fraction of sp³-hybridized carbons (Fsp3) is 0.545. The standard InChI is InChI=1S/C11H14N2O6/c14-11(15)5-9-7-12(3-4-18-9)6-8-1-2-10(19-8)13(16)17/h1-2,9H,3-7H2,(H,14,15). The minimum Gasteiger partial charge on any atom is -0.481 e. The van der Waals surface area contributed by atoms with Gasteiger partial charge in [0, 0.05) is 13.1 Å². The van der Waals surface area contributed by atoms with Gasteiger partial charge in [0.25, 0.3) is 0 Å². The van der Waals surface area contributed by atoms with Crippen LogP contribution in [0.3, 0.4) is 0 Å². The summed E-state index contributed by atoms with van der Waals surface area (Å²) in [5.74, 6) is -0.700. The van der Waals surface area contributed by atoms with Gasteiger partial charge in [0.15, 0.2) is 0 Å². The molecule has 0 radical (unpaired) electrons. The number of carboxylic acids is 1. The van der Waals surface area contributed by atoms with Gasteiger partial charge < -0.3 is 14.3 Å². The maximum absolute atomic E-state index is 10.6. The predicted octanol–water partition coefficient (Wildman–Crippen LogP) is 0.863. The van der Waals surface area contributed by atoms with Crippen molar-refractivity contribution in [3.8, 4) is 0 Å². The molecule has 104 valence electrons. The fourth-order valence-electron chi connectivity index (χ4n) is 2.01. The van der Waals surface area contributed by atoms with Crippen LogP contribution in [-0.4, -0.2) is 46.7 Å². The van der Waals surface area contributed by atoms with Gasteiger partial charge in [-0.3, -0.25) is 19.8 Å². The number of carbonyl (C=O) groups is 1. The van der Waals surface area contributed by atoms with Gasteiger partial charge in [0.05, 0.1) is 31.7 Å². The molecule has 1 saturated heterocycles.